The van der Waals surface area contributed by atoms with Crippen LogP contribution in [0.3, 0.4) is 0 Å². The maximum atomic E-state index is 14.7. The Morgan fingerprint density at radius 2 is 0.809 bits per heavy atom. The molecule has 2 amide bonds. The minimum absolute atomic E-state index is 0.103. The first kappa shape index (κ1) is 89.1. The van der Waals surface area contributed by atoms with E-state index in [1.807, 2.05) is 20.8 Å². The Kier molecular flexibility index (Phi) is 53.9. The smallest absolute Gasteiger partial charge is 0.252 e. The van der Waals surface area contributed by atoms with Crippen molar-refractivity contribution in [2.75, 3.05) is 19.8 Å². The Hall–Kier alpha value is -2.92. The molecule has 0 aromatic heterocycles. The first-order valence-corrected chi connectivity index (χ1v) is 40.2. The number of phosphoric acid groups is 1. The van der Waals surface area contributed by atoms with Gasteiger partial charge >= 0.3 is 300 Å². The summed E-state index contributed by atoms with van der Waals surface area (Å²) in [7, 11) is -10.8. The summed E-state index contributed by atoms with van der Waals surface area (Å²) in [6, 6.07) is -3.15. The van der Waals surface area contributed by atoms with Crippen LogP contribution < -0.4 is 10.6 Å². The number of hydrogen-bond donors (Lipinski definition) is 8. The Morgan fingerprint density at radius 3 is 1.17 bits per heavy atom. The molecule has 0 bridgehead atoms. The second kappa shape index (κ2) is 56.9. The Balaban J connectivity index is 3.89. The van der Waals surface area contributed by atoms with Crippen molar-refractivity contribution < 1.29 is 100 Å². The quantitative estimate of drug-likeness (QED) is 0.0121. The molecule has 25 heteroatoms. The molecule has 0 aromatic rings. The van der Waals surface area contributed by atoms with Gasteiger partial charge in [-0.2, -0.15) is 0 Å². The fourth-order valence-corrected chi connectivity index (χ4v) is 12.6. The summed E-state index contributed by atoms with van der Waals surface area (Å²) in [6.07, 6.45) is 23.9. The van der Waals surface area contributed by atoms with E-state index in [1.54, 1.807) is 0 Å². The van der Waals surface area contributed by atoms with Crippen LogP contribution in [0.25, 0.3) is 0 Å². The molecule has 0 aromatic carbocycles. The number of nitrogens with one attached hydrogen (secondary N) is 2. The van der Waals surface area contributed by atoms with E-state index in [0.717, 1.165) is 154 Å². The van der Waals surface area contributed by atoms with Crippen LogP contribution in [0.5, 0.6) is 0 Å². The van der Waals surface area contributed by atoms with Crippen LogP contribution in [0.4, 0.5) is 0 Å². The fourth-order valence-electron chi connectivity index (χ4n) is 11.6. The molecule has 0 aliphatic carbocycles. The molecule has 9 atom stereocenters. The number of carbonyl (C=O) groups excluding carboxylic acids is 6. The fraction of sp³-hybridized carbons (Fsp3) is 0.913. The molecule has 1 saturated heterocycles. The third-order valence-corrected chi connectivity index (χ3v) is 18.0. The third kappa shape index (κ3) is 48.7. The number of amides is 2. The normalized spacial score (nSPS) is 18.2. The molecule has 3 unspecified atom stereocenters. The molecule has 0 spiro atoms. The summed E-state index contributed by atoms with van der Waals surface area (Å²) in [6.45, 7) is 9.99. The van der Waals surface area contributed by atoms with Crippen molar-refractivity contribution >= 4 is 51.7 Å². The number of carbonyl (C=O) groups is 6. The van der Waals surface area contributed by atoms with Crippen molar-refractivity contribution in [2.24, 2.45) is 0 Å². The van der Waals surface area contributed by atoms with Gasteiger partial charge in [-0.3, -0.25) is 9.59 Å². The van der Waals surface area contributed by atoms with Crippen molar-refractivity contribution in [2.45, 2.75) is 385 Å². The van der Waals surface area contributed by atoms with Gasteiger partial charge < -0.3 is 4.74 Å². The first-order valence-electron chi connectivity index (χ1n) is 36.9. The van der Waals surface area contributed by atoms with Gasteiger partial charge in [0.15, 0.2) is 0 Å². The summed E-state index contributed by atoms with van der Waals surface area (Å²) >= 11 is 0. The number of ether oxygens (including phenoxy) is 6. The van der Waals surface area contributed by atoms with E-state index >= 15 is 0 Å². The SMILES string of the molecule is CCCCCCCCCCC[C@H](CC(=O)NC1C(OC(=O)C[C@@H](CCCCCCCCCCC)OC(=O)CCCCC)[C@H](OP(=O)(O)O)C(CO)O[C@H]1OC[C@@H](CO[PH](O)(O)O)NC(=O)C[C@@H](CCCCCCCCCCC)OC(=O)CCCCC)OC(=O)CCCCC. The van der Waals surface area contributed by atoms with Crippen molar-refractivity contribution in [3.05, 3.63) is 0 Å². The molecule has 1 aliphatic rings. The van der Waals surface area contributed by atoms with Crippen molar-refractivity contribution in [1.29, 1.82) is 0 Å². The van der Waals surface area contributed by atoms with Gasteiger partial charge in [0.2, 0.25) is 0 Å². The predicted molar refractivity (Wildman–Crippen MR) is 365 cm³/mol. The van der Waals surface area contributed by atoms with E-state index in [-0.39, 0.29) is 32.1 Å². The number of unbranched alkanes of at least 4 members (excludes halogenated alkanes) is 30. The van der Waals surface area contributed by atoms with Gasteiger partial charge in [-0.15, -0.1) is 0 Å². The Morgan fingerprint density at radius 1 is 0.457 bits per heavy atom. The molecule has 1 fully saturated rings. The van der Waals surface area contributed by atoms with Crippen molar-refractivity contribution in [3.8, 4) is 0 Å². The van der Waals surface area contributed by atoms with Crippen LogP contribution in [0.2, 0.25) is 0 Å². The molecule has 0 radical (unpaired) electrons. The molecule has 94 heavy (non-hydrogen) atoms. The average molecular weight is 1390 g/mol. The van der Waals surface area contributed by atoms with Crippen molar-refractivity contribution in [3.63, 3.8) is 0 Å². The van der Waals surface area contributed by atoms with Gasteiger partial charge in [0.1, 0.15) is 0 Å². The van der Waals surface area contributed by atoms with Crippen LogP contribution in [-0.4, -0.2) is 140 Å². The Labute approximate surface area is 565 Å². The van der Waals surface area contributed by atoms with E-state index < -0.39 is 139 Å². The van der Waals surface area contributed by atoms with Gasteiger partial charge in [-0.05, 0) is 32.1 Å². The second-order valence-corrected chi connectivity index (χ2v) is 28.6. The summed E-state index contributed by atoms with van der Waals surface area (Å²) in [5.74, 6) is -4.02. The van der Waals surface area contributed by atoms with Gasteiger partial charge in [-0.1, -0.05) is 208 Å². The zero-order valence-corrected chi connectivity index (χ0v) is 60.8. The monoisotopic (exact) mass is 1390 g/mol. The van der Waals surface area contributed by atoms with E-state index in [4.69, 9.17) is 37.5 Å². The minimum Gasteiger partial charge on any atom is -0.252 e. The number of esters is 4. The van der Waals surface area contributed by atoms with E-state index in [2.05, 4.69) is 31.4 Å². The minimum atomic E-state index is -5.56. The summed E-state index contributed by atoms with van der Waals surface area (Å²) in [4.78, 5) is 134. The van der Waals surface area contributed by atoms with E-state index in [0.29, 0.717) is 51.4 Å². The predicted octanol–water partition coefficient (Wildman–Crippen LogP) is 13.9. The number of aliphatic hydroxyl groups excluding tert-OH is 1. The van der Waals surface area contributed by atoms with E-state index in [9.17, 15) is 62.9 Å². The number of rotatable bonds is 63. The summed E-state index contributed by atoms with van der Waals surface area (Å²) in [5, 5.41) is 16.3. The van der Waals surface area contributed by atoms with Crippen LogP contribution >= 0.6 is 16.0 Å². The molecular weight excluding hydrogens is 1250 g/mol. The summed E-state index contributed by atoms with van der Waals surface area (Å²) < 4.78 is 59.5. The van der Waals surface area contributed by atoms with Gasteiger partial charge in [-0.25, -0.2) is 0 Å². The standard InChI is InChI=1S/C69H132N2O21P2/c1-7-13-19-22-25-28-31-34-40-43-56(87-62(75)46-37-16-10-4)49-60(73)70-55(54-86-93(79,80)81)53-85-69-66(71-61(74)50-57(88-63(76)47-38-17-11-5)44-41-35-32-29-26-23-20-14-8-2)68(67(59(52-72)90-69)92-94(82,83)84)91-65(78)51-58(89-64(77)48-39-18-12-6)45-42-36-33-30-27-24-21-15-9-3/h55-59,66-69,72,79-81,93H,7-54H2,1-6H3,(H,70,73)(H,71,74)(H2,82,83,84)/t55-,56+,57+,58+,59?,66?,67+,68?,69+/m0/s1. The van der Waals surface area contributed by atoms with Gasteiger partial charge in [0.05, 0.1) is 0 Å². The Bertz CT molecular complexity index is 2000. The van der Waals surface area contributed by atoms with Crippen LogP contribution in [0.1, 0.15) is 330 Å². The number of hydrogen-bond acceptors (Lipinski definition) is 19. The van der Waals surface area contributed by atoms with Crippen LogP contribution in [0.15, 0.2) is 0 Å². The van der Waals surface area contributed by atoms with Gasteiger partial charge in [0, 0.05) is 12.8 Å². The van der Waals surface area contributed by atoms with Crippen LogP contribution in [0, 0.1) is 0 Å². The zero-order chi connectivity index (χ0) is 69.7. The molecule has 1 heterocycles. The average Bonchev–Trinajstić information content (AvgIpc) is 0.791. The summed E-state index contributed by atoms with van der Waals surface area (Å²) in [5.41, 5.74) is 0. The zero-order valence-electron chi connectivity index (χ0n) is 58.9. The van der Waals surface area contributed by atoms with Crippen molar-refractivity contribution in [1.82, 2.24) is 10.6 Å². The second-order valence-electron chi connectivity index (χ2n) is 26.0. The molecule has 23 nitrogen and oxygen atoms in total. The number of phosphoric ester groups is 1. The van der Waals surface area contributed by atoms with Crippen LogP contribution in [-0.2, 0) is 70.8 Å². The first-order chi connectivity index (χ1) is 45.1. The molecule has 8 N–H and O–H groups in total. The topological polar surface area (TPSA) is 339 Å². The van der Waals surface area contributed by atoms with Gasteiger partial charge in [0.25, 0.3) is 0 Å². The third-order valence-electron chi connectivity index (χ3n) is 16.9. The molecule has 554 valence electrons. The number of aliphatic hydroxyl groups is 1. The molecule has 0 saturated carbocycles. The van der Waals surface area contributed by atoms with E-state index in [1.165, 1.54) is 38.5 Å². The molecular formula is C69H132N2O21P2. The molecule has 1 rings (SSSR count). The molecule has 1 aliphatic heterocycles. The maximum absolute atomic E-state index is 14.7.